The van der Waals surface area contributed by atoms with Crippen molar-refractivity contribution in [3.8, 4) is 0 Å². The first-order valence-electron chi connectivity index (χ1n) is 8.96. The molecule has 24 heavy (non-hydrogen) atoms. The van der Waals surface area contributed by atoms with E-state index < -0.39 is 0 Å². The maximum Gasteiger partial charge on any atom is 0.319 e. The molecule has 0 spiro atoms. The molecule has 1 fully saturated rings. The number of aliphatic hydroxyl groups is 1. The number of anilines is 1. The van der Waals surface area contributed by atoms with Gasteiger partial charge in [-0.3, -0.25) is 0 Å². The molecule has 2 unspecified atom stereocenters. The molecule has 1 aromatic rings. The van der Waals surface area contributed by atoms with Crippen molar-refractivity contribution in [3.63, 3.8) is 0 Å². The van der Waals surface area contributed by atoms with Crippen LogP contribution in [0.5, 0.6) is 0 Å². The average molecular weight is 334 g/mol. The standard InChI is InChI=1S/C19H30N2O3/c1-14(11-15(2)22)12-20-19(23)21-17-9-7-16(8-10-17)13-24-18-5-3-4-6-18/h7-10,14-15,18,22H,3-6,11-13H2,1-2H3,(H2,20,21,23). The second-order valence-electron chi connectivity index (χ2n) is 6.94. The summed E-state index contributed by atoms with van der Waals surface area (Å²) in [4.78, 5) is 11.9. The highest BCUT2D eigenvalue weighted by molar-refractivity contribution is 5.89. The number of carbonyl (C=O) groups excluding carboxylic acids is 1. The van der Waals surface area contributed by atoms with Gasteiger partial charge in [-0.2, -0.15) is 0 Å². The predicted octanol–water partition coefficient (Wildman–Crippen LogP) is 3.67. The summed E-state index contributed by atoms with van der Waals surface area (Å²) in [6, 6.07) is 7.54. The molecule has 5 heteroatoms. The lowest BCUT2D eigenvalue weighted by atomic mass is 10.1. The van der Waals surface area contributed by atoms with Crippen molar-refractivity contribution in [2.24, 2.45) is 5.92 Å². The zero-order chi connectivity index (χ0) is 17.4. The van der Waals surface area contributed by atoms with Gasteiger partial charge in [0.15, 0.2) is 0 Å². The van der Waals surface area contributed by atoms with Crippen LogP contribution in [0, 0.1) is 5.92 Å². The minimum absolute atomic E-state index is 0.220. The summed E-state index contributed by atoms with van der Waals surface area (Å²) in [5.74, 6) is 0.242. The maximum absolute atomic E-state index is 11.9. The molecule has 0 aromatic heterocycles. The summed E-state index contributed by atoms with van der Waals surface area (Å²) < 4.78 is 5.89. The lowest BCUT2D eigenvalue weighted by molar-refractivity contribution is 0.0457. The molecule has 0 saturated heterocycles. The Morgan fingerprint density at radius 3 is 2.54 bits per heavy atom. The molecular weight excluding hydrogens is 304 g/mol. The number of hydrogen-bond donors (Lipinski definition) is 3. The Bertz CT molecular complexity index is 496. The fourth-order valence-corrected chi connectivity index (χ4v) is 3.06. The van der Waals surface area contributed by atoms with Crippen LogP contribution in [0.25, 0.3) is 0 Å². The number of urea groups is 1. The third kappa shape index (κ3) is 6.89. The first-order valence-corrected chi connectivity index (χ1v) is 8.96. The summed E-state index contributed by atoms with van der Waals surface area (Å²) >= 11 is 0. The van der Waals surface area contributed by atoms with Crippen LogP contribution in [0.4, 0.5) is 10.5 Å². The number of nitrogens with one attached hydrogen (secondary N) is 2. The number of carbonyl (C=O) groups is 1. The largest absolute Gasteiger partial charge is 0.393 e. The van der Waals surface area contributed by atoms with Crippen LogP contribution in [0.3, 0.4) is 0 Å². The van der Waals surface area contributed by atoms with E-state index in [1.165, 1.54) is 25.7 Å². The predicted molar refractivity (Wildman–Crippen MR) is 96.0 cm³/mol. The van der Waals surface area contributed by atoms with Gasteiger partial charge in [-0.15, -0.1) is 0 Å². The molecule has 2 atom stereocenters. The third-order valence-electron chi connectivity index (χ3n) is 4.35. The highest BCUT2D eigenvalue weighted by Gasteiger charge is 2.15. The first-order chi connectivity index (χ1) is 11.5. The van der Waals surface area contributed by atoms with Crippen LogP contribution in [-0.4, -0.2) is 29.9 Å². The molecule has 2 amide bonds. The molecule has 0 bridgehead atoms. The topological polar surface area (TPSA) is 70.6 Å². The van der Waals surface area contributed by atoms with Gasteiger partial charge in [-0.25, -0.2) is 4.79 Å². The molecule has 0 heterocycles. The Morgan fingerprint density at radius 1 is 1.25 bits per heavy atom. The fraction of sp³-hybridized carbons (Fsp3) is 0.632. The molecule has 1 aliphatic rings. The van der Waals surface area contributed by atoms with Gasteiger partial charge in [0.1, 0.15) is 0 Å². The van der Waals surface area contributed by atoms with Gasteiger partial charge in [0.05, 0.1) is 18.8 Å². The molecule has 5 nitrogen and oxygen atoms in total. The lowest BCUT2D eigenvalue weighted by Crippen LogP contribution is -2.33. The van der Waals surface area contributed by atoms with Crippen molar-refractivity contribution in [2.75, 3.05) is 11.9 Å². The Labute approximate surface area is 144 Å². The SMILES string of the molecule is CC(O)CC(C)CNC(=O)Nc1ccc(COC2CCCC2)cc1. The van der Waals surface area contributed by atoms with Crippen molar-refractivity contribution in [1.82, 2.24) is 5.32 Å². The lowest BCUT2D eigenvalue weighted by Gasteiger charge is -2.15. The van der Waals surface area contributed by atoms with Crippen LogP contribution in [-0.2, 0) is 11.3 Å². The van der Waals surface area contributed by atoms with Crippen LogP contribution < -0.4 is 10.6 Å². The zero-order valence-electron chi connectivity index (χ0n) is 14.8. The normalized spacial score (nSPS) is 17.5. The Balaban J connectivity index is 1.69. The van der Waals surface area contributed by atoms with Gasteiger partial charge in [-0.1, -0.05) is 31.9 Å². The van der Waals surface area contributed by atoms with Gasteiger partial charge >= 0.3 is 6.03 Å². The van der Waals surface area contributed by atoms with Crippen molar-refractivity contribution >= 4 is 11.7 Å². The Hall–Kier alpha value is -1.59. The first kappa shape index (κ1) is 18.7. The number of aliphatic hydroxyl groups excluding tert-OH is 1. The molecule has 1 saturated carbocycles. The van der Waals surface area contributed by atoms with E-state index in [9.17, 15) is 9.90 Å². The quantitative estimate of drug-likeness (QED) is 0.679. The van der Waals surface area contributed by atoms with Crippen LogP contribution >= 0.6 is 0 Å². The highest BCUT2D eigenvalue weighted by Crippen LogP contribution is 2.22. The fourth-order valence-electron chi connectivity index (χ4n) is 3.06. The van der Waals surface area contributed by atoms with E-state index >= 15 is 0 Å². The molecule has 3 N–H and O–H groups in total. The van der Waals surface area contributed by atoms with Gasteiger partial charge < -0.3 is 20.5 Å². The zero-order valence-corrected chi connectivity index (χ0v) is 14.8. The van der Waals surface area contributed by atoms with E-state index in [1.807, 2.05) is 31.2 Å². The minimum atomic E-state index is -0.344. The van der Waals surface area contributed by atoms with Gasteiger partial charge in [-0.05, 0) is 49.8 Å². The van der Waals surface area contributed by atoms with Crippen molar-refractivity contribution in [3.05, 3.63) is 29.8 Å². The van der Waals surface area contributed by atoms with Gasteiger partial charge in [0.2, 0.25) is 0 Å². The second kappa shape index (κ2) is 9.64. The van der Waals surface area contributed by atoms with E-state index in [0.717, 1.165) is 11.3 Å². The molecule has 134 valence electrons. The number of hydrogen-bond acceptors (Lipinski definition) is 3. The molecule has 0 radical (unpaired) electrons. The molecule has 0 aliphatic heterocycles. The van der Waals surface area contributed by atoms with E-state index in [2.05, 4.69) is 10.6 Å². The number of amides is 2. The van der Waals surface area contributed by atoms with Crippen molar-refractivity contribution in [2.45, 2.75) is 64.8 Å². The minimum Gasteiger partial charge on any atom is -0.393 e. The summed E-state index contributed by atoms with van der Waals surface area (Å²) in [6.07, 6.45) is 5.65. The molecule has 1 aliphatic carbocycles. The summed E-state index contributed by atoms with van der Waals surface area (Å²) in [5.41, 5.74) is 1.89. The van der Waals surface area contributed by atoms with Crippen molar-refractivity contribution in [1.29, 1.82) is 0 Å². The second-order valence-corrected chi connectivity index (χ2v) is 6.94. The van der Waals surface area contributed by atoms with Gasteiger partial charge in [0.25, 0.3) is 0 Å². The Morgan fingerprint density at radius 2 is 1.92 bits per heavy atom. The van der Waals surface area contributed by atoms with Crippen LogP contribution in [0.2, 0.25) is 0 Å². The number of benzene rings is 1. The van der Waals surface area contributed by atoms with E-state index in [0.29, 0.717) is 25.7 Å². The van der Waals surface area contributed by atoms with Gasteiger partial charge in [0, 0.05) is 12.2 Å². The summed E-state index contributed by atoms with van der Waals surface area (Å²) in [5, 5.41) is 15.0. The maximum atomic E-state index is 11.9. The molecule has 2 rings (SSSR count). The van der Waals surface area contributed by atoms with Crippen molar-refractivity contribution < 1.29 is 14.6 Å². The summed E-state index contributed by atoms with van der Waals surface area (Å²) in [6.45, 7) is 4.94. The number of ether oxygens (including phenoxy) is 1. The van der Waals surface area contributed by atoms with E-state index in [-0.39, 0.29) is 18.1 Å². The Kier molecular flexibility index (Phi) is 7.53. The van der Waals surface area contributed by atoms with Crippen LogP contribution in [0.1, 0.15) is 51.5 Å². The van der Waals surface area contributed by atoms with E-state index in [4.69, 9.17) is 4.74 Å². The average Bonchev–Trinajstić information content (AvgIpc) is 3.05. The van der Waals surface area contributed by atoms with Crippen LogP contribution in [0.15, 0.2) is 24.3 Å². The third-order valence-corrected chi connectivity index (χ3v) is 4.35. The molecule has 1 aromatic carbocycles. The van der Waals surface area contributed by atoms with E-state index in [1.54, 1.807) is 6.92 Å². The smallest absolute Gasteiger partial charge is 0.319 e. The number of rotatable bonds is 8. The monoisotopic (exact) mass is 334 g/mol. The molecular formula is C19H30N2O3. The summed E-state index contributed by atoms with van der Waals surface area (Å²) in [7, 11) is 0. The highest BCUT2D eigenvalue weighted by atomic mass is 16.5.